The van der Waals surface area contributed by atoms with Crippen molar-refractivity contribution in [2.24, 2.45) is 0 Å². The van der Waals surface area contributed by atoms with E-state index >= 15 is 0 Å². The second-order valence-electron chi connectivity index (χ2n) is 1.88. The second-order valence-corrected chi connectivity index (χ2v) is 2.24. The third-order valence-electron chi connectivity index (χ3n) is 1.11. The molecule has 2 radical (unpaired) electrons. The van der Waals surface area contributed by atoms with Crippen LogP contribution in [0, 0.1) is 0 Å². The largest absolute Gasteiger partial charge is 0.392 e. The van der Waals surface area contributed by atoms with Crippen molar-refractivity contribution in [3.8, 4) is 0 Å². The number of halogens is 1. The Balaban J connectivity index is 3.04. The maximum atomic E-state index is 8.61. The average Bonchev–Trinajstić information content (AvgIpc) is 1.95. The molecule has 0 saturated heterocycles. The number of pyridine rings is 1. The summed E-state index contributed by atoms with van der Waals surface area (Å²) >= 11 is 5.52. The molecule has 0 fully saturated rings. The quantitative estimate of drug-likeness (QED) is 0.456. The number of hydrogen-bond acceptors (Lipinski definition) is 2. The van der Waals surface area contributed by atoms with Crippen LogP contribution in [0.4, 0.5) is 0 Å². The summed E-state index contributed by atoms with van der Waals surface area (Å²) in [7, 11) is 5.39. The first kappa shape index (κ1) is 7.57. The lowest BCUT2D eigenvalue weighted by Crippen LogP contribution is -2.07. The van der Waals surface area contributed by atoms with E-state index in [0.717, 1.165) is 0 Å². The Kier molecular flexibility index (Phi) is 2.30. The van der Waals surface area contributed by atoms with Gasteiger partial charge >= 0.3 is 0 Å². The summed E-state index contributed by atoms with van der Waals surface area (Å²) in [6, 6.07) is 1.59. The van der Waals surface area contributed by atoms with Gasteiger partial charge in [0.2, 0.25) is 0 Å². The van der Waals surface area contributed by atoms with Gasteiger partial charge in [-0.3, -0.25) is 0 Å². The minimum atomic E-state index is -0.0611. The van der Waals surface area contributed by atoms with Gasteiger partial charge in [0, 0.05) is 6.20 Å². The number of aliphatic hydroxyl groups excluding tert-OH is 1. The fourth-order valence-electron chi connectivity index (χ4n) is 0.597. The van der Waals surface area contributed by atoms with Crippen molar-refractivity contribution in [1.29, 1.82) is 0 Å². The van der Waals surface area contributed by atoms with Gasteiger partial charge in [0.25, 0.3) is 0 Å². The molecule has 1 aromatic rings. The van der Waals surface area contributed by atoms with Gasteiger partial charge < -0.3 is 5.11 Å². The van der Waals surface area contributed by atoms with E-state index in [-0.39, 0.29) is 11.8 Å². The van der Waals surface area contributed by atoms with E-state index in [4.69, 9.17) is 24.6 Å². The van der Waals surface area contributed by atoms with Crippen LogP contribution in [-0.4, -0.2) is 17.9 Å². The van der Waals surface area contributed by atoms with E-state index in [2.05, 4.69) is 4.98 Å². The highest BCUT2D eigenvalue weighted by atomic mass is 35.5. The molecular formula is C6H5BClNO. The maximum absolute atomic E-state index is 8.61. The molecule has 0 atom stereocenters. The molecule has 0 aliphatic rings. The van der Waals surface area contributed by atoms with Crippen LogP contribution in [0.5, 0.6) is 0 Å². The predicted octanol–water partition coefficient (Wildman–Crippen LogP) is 0.0211. The van der Waals surface area contributed by atoms with E-state index in [1.165, 1.54) is 6.20 Å². The normalized spacial score (nSPS) is 9.80. The van der Waals surface area contributed by atoms with Gasteiger partial charge in [-0.1, -0.05) is 23.1 Å². The van der Waals surface area contributed by atoms with Crippen LogP contribution in [-0.2, 0) is 6.61 Å². The van der Waals surface area contributed by atoms with Crippen molar-refractivity contribution in [1.82, 2.24) is 4.98 Å². The van der Waals surface area contributed by atoms with Crippen LogP contribution in [0.1, 0.15) is 5.56 Å². The topological polar surface area (TPSA) is 33.1 Å². The van der Waals surface area contributed by atoms with Crippen LogP contribution >= 0.6 is 11.6 Å². The number of hydrogen-bond donors (Lipinski definition) is 1. The third-order valence-corrected chi connectivity index (χ3v) is 1.42. The monoisotopic (exact) mass is 153 g/mol. The lowest BCUT2D eigenvalue weighted by molar-refractivity contribution is 0.281. The molecule has 0 aromatic carbocycles. The molecule has 0 unspecified atom stereocenters. The first-order valence-electron chi connectivity index (χ1n) is 2.75. The highest BCUT2D eigenvalue weighted by Gasteiger charge is 1.95. The van der Waals surface area contributed by atoms with Gasteiger partial charge in [0.05, 0.1) is 6.61 Å². The summed E-state index contributed by atoms with van der Waals surface area (Å²) in [6.45, 7) is -0.0611. The fraction of sp³-hybridized carbons (Fsp3) is 0.167. The SMILES string of the molecule is [B]c1cc(CO)cnc1Cl. The molecule has 0 amide bonds. The molecule has 4 heteroatoms. The molecule has 50 valence electrons. The minimum Gasteiger partial charge on any atom is -0.392 e. The highest BCUT2D eigenvalue weighted by molar-refractivity contribution is 6.44. The zero-order valence-corrected chi connectivity index (χ0v) is 5.97. The Hall–Kier alpha value is -0.535. The number of rotatable bonds is 1. The molecule has 0 saturated carbocycles. The first-order valence-corrected chi connectivity index (χ1v) is 3.12. The Morgan fingerprint density at radius 3 is 2.90 bits per heavy atom. The molecule has 1 heterocycles. The smallest absolute Gasteiger partial charge is 0.122 e. The van der Waals surface area contributed by atoms with E-state index in [1.54, 1.807) is 6.07 Å². The van der Waals surface area contributed by atoms with E-state index in [0.29, 0.717) is 11.0 Å². The Morgan fingerprint density at radius 1 is 1.70 bits per heavy atom. The molecule has 1 rings (SSSR count). The lowest BCUT2D eigenvalue weighted by atomic mass is 9.97. The fourth-order valence-corrected chi connectivity index (χ4v) is 0.700. The van der Waals surface area contributed by atoms with Gasteiger partial charge in [0.1, 0.15) is 13.0 Å². The van der Waals surface area contributed by atoms with Gasteiger partial charge in [-0.2, -0.15) is 0 Å². The molecule has 0 spiro atoms. The van der Waals surface area contributed by atoms with Gasteiger partial charge in [-0.05, 0) is 5.56 Å². The molecule has 1 N–H and O–H groups in total. The van der Waals surface area contributed by atoms with Gasteiger partial charge in [-0.25, -0.2) is 4.98 Å². The molecular weight excluding hydrogens is 148 g/mol. The standard InChI is InChI=1S/C6H5BClNO/c7-5-1-4(3-10)2-9-6(5)8/h1-2,10H,3H2. The van der Waals surface area contributed by atoms with Crippen molar-refractivity contribution >= 4 is 24.9 Å². The van der Waals surface area contributed by atoms with Crippen molar-refractivity contribution in [2.75, 3.05) is 0 Å². The lowest BCUT2D eigenvalue weighted by Gasteiger charge is -1.98. The van der Waals surface area contributed by atoms with Gasteiger partial charge in [0.15, 0.2) is 0 Å². The molecule has 0 bridgehead atoms. The molecule has 10 heavy (non-hydrogen) atoms. The summed E-state index contributed by atoms with van der Waals surface area (Å²) < 4.78 is 0. The van der Waals surface area contributed by atoms with E-state index < -0.39 is 0 Å². The highest BCUT2D eigenvalue weighted by Crippen LogP contribution is 2.00. The minimum absolute atomic E-state index is 0.0611. The summed E-state index contributed by atoms with van der Waals surface area (Å²) in [5, 5.41) is 8.89. The van der Waals surface area contributed by atoms with Crippen LogP contribution in [0.15, 0.2) is 12.3 Å². The van der Waals surface area contributed by atoms with Gasteiger partial charge in [-0.15, -0.1) is 0 Å². The number of nitrogens with zero attached hydrogens (tertiary/aromatic N) is 1. The predicted molar refractivity (Wildman–Crippen MR) is 40.6 cm³/mol. The zero-order valence-electron chi connectivity index (χ0n) is 5.21. The van der Waals surface area contributed by atoms with Crippen molar-refractivity contribution in [2.45, 2.75) is 6.61 Å². The van der Waals surface area contributed by atoms with Crippen LogP contribution in [0.25, 0.3) is 0 Å². The van der Waals surface area contributed by atoms with Crippen molar-refractivity contribution in [3.63, 3.8) is 0 Å². The second kappa shape index (κ2) is 3.04. The Morgan fingerprint density at radius 2 is 2.40 bits per heavy atom. The van der Waals surface area contributed by atoms with Crippen LogP contribution in [0.2, 0.25) is 5.15 Å². The molecule has 1 aromatic heterocycles. The Labute approximate surface area is 65.3 Å². The van der Waals surface area contributed by atoms with E-state index in [9.17, 15) is 0 Å². The van der Waals surface area contributed by atoms with Crippen molar-refractivity contribution < 1.29 is 5.11 Å². The summed E-state index contributed by atoms with van der Waals surface area (Å²) in [6.07, 6.45) is 1.48. The zero-order chi connectivity index (χ0) is 7.56. The first-order chi connectivity index (χ1) is 4.74. The van der Waals surface area contributed by atoms with Crippen LogP contribution < -0.4 is 5.46 Å². The Bertz CT molecular complexity index is 241. The van der Waals surface area contributed by atoms with Crippen molar-refractivity contribution in [3.05, 3.63) is 23.0 Å². The molecule has 0 aliphatic heterocycles. The summed E-state index contributed by atoms with van der Waals surface area (Å²) in [4.78, 5) is 3.73. The maximum Gasteiger partial charge on any atom is 0.122 e. The van der Waals surface area contributed by atoms with Crippen LogP contribution in [0.3, 0.4) is 0 Å². The number of aromatic nitrogens is 1. The number of aliphatic hydroxyl groups is 1. The summed E-state index contributed by atoms with van der Waals surface area (Å²) in [5.41, 5.74) is 1.06. The summed E-state index contributed by atoms with van der Waals surface area (Å²) in [5.74, 6) is 0. The third kappa shape index (κ3) is 1.49. The average molecular weight is 153 g/mol. The van der Waals surface area contributed by atoms with E-state index in [1.807, 2.05) is 0 Å². The molecule has 0 aliphatic carbocycles. The molecule has 2 nitrogen and oxygen atoms in total.